The SMILES string of the molecule is CC(=O)Nc1ccc(/N=C2\S/C(=C3\Sc4ccccc4N3C)C(=O)N2Cc2ccccc2)cc1. The van der Waals surface area contributed by atoms with Gasteiger partial charge in [-0.1, -0.05) is 54.2 Å². The first kappa shape index (κ1) is 22.3. The number of anilines is 2. The number of amidine groups is 1. The first-order valence-electron chi connectivity index (χ1n) is 10.7. The highest BCUT2D eigenvalue weighted by Crippen LogP contribution is 2.50. The van der Waals surface area contributed by atoms with Crippen LogP contribution in [0.3, 0.4) is 0 Å². The smallest absolute Gasteiger partial charge is 0.269 e. The van der Waals surface area contributed by atoms with Crippen LogP contribution in [0.4, 0.5) is 17.1 Å². The molecule has 6 nitrogen and oxygen atoms in total. The van der Waals surface area contributed by atoms with E-state index in [-0.39, 0.29) is 11.8 Å². The number of benzene rings is 3. The molecule has 2 aliphatic rings. The molecule has 0 bridgehead atoms. The first-order valence-corrected chi connectivity index (χ1v) is 12.4. The minimum Gasteiger partial charge on any atom is -0.337 e. The Morgan fingerprint density at radius 2 is 1.65 bits per heavy atom. The highest BCUT2D eigenvalue weighted by molar-refractivity contribution is 8.19. The van der Waals surface area contributed by atoms with E-state index in [2.05, 4.69) is 22.3 Å². The standard InChI is InChI=1S/C26H22N4O2S2/c1-17(31)27-19-12-14-20(15-13-19)28-26-30(16-18-8-4-3-5-9-18)24(32)23(34-26)25-29(2)21-10-6-7-11-22(21)33-25/h3-15H,16H2,1-2H3,(H,27,31)/b25-23-,28-26-. The van der Waals surface area contributed by atoms with Crippen LogP contribution in [0.1, 0.15) is 12.5 Å². The molecule has 0 atom stereocenters. The van der Waals surface area contributed by atoms with Crippen LogP contribution < -0.4 is 10.2 Å². The molecule has 1 fully saturated rings. The molecular formula is C26H22N4O2S2. The zero-order valence-electron chi connectivity index (χ0n) is 18.7. The molecular weight excluding hydrogens is 464 g/mol. The number of nitrogens with one attached hydrogen (secondary N) is 1. The zero-order valence-corrected chi connectivity index (χ0v) is 20.3. The Morgan fingerprint density at radius 1 is 0.941 bits per heavy atom. The van der Waals surface area contributed by atoms with Crippen molar-refractivity contribution in [1.29, 1.82) is 0 Å². The van der Waals surface area contributed by atoms with Crippen LogP contribution in [0, 0.1) is 0 Å². The second kappa shape index (κ2) is 9.40. The van der Waals surface area contributed by atoms with Gasteiger partial charge in [0.2, 0.25) is 5.91 Å². The molecule has 0 aliphatic carbocycles. The number of carbonyl (C=O) groups excluding carboxylic acids is 2. The molecule has 2 aliphatic heterocycles. The summed E-state index contributed by atoms with van der Waals surface area (Å²) in [6, 6.07) is 25.4. The predicted molar refractivity (Wildman–Crippen MR) is 140 cm³/mol. The van der Waals surface area contributed by atoms with Gasteiger partial charge in [0.1, 0.15) is 4.91 Å². The lowest BCUT2D eigenvalue weighted by Gasteiger charge is -2.17. The molecule has 2 heterocycles. The Bertz CT molecular complexity index is 1320. The average Bonchev–Trinajstić information content (AvgIpc) is 3.32. The molecule has 170 valence electrons. The Labute approximate surface area is 206 Å². The summed E-state index contributed by atoms with van der Waals surface area (Å²) in [4.78, 5) is 35.4. The van der Waals surface area contributed by atoms with Crippen LogP contribution in [-0.4, -0.2) is 28.9 Å². The van der Waals surface area contributed by atoms with E-state index in [0.29, 0.717) is 28.0 Å². The first-order chi connectivity index (χ1) is 16.5. The largest absolute Gasteiger partial charge is 0.337 e. The number of amides is 2. The van der Waals surface area contributed by atoms with Crippen molar-refractivity contribution in [3.8, 4) is 0 Å². The van der Waals surface area contributed by atoms with E-state index in [4.69, 9.17) is 4.99 Å². The van der Waals surface area contributed by atoms with Gasteiger partial charge >= 0.3 is 0 Å². The number of thioether (sulfide) groups is 2. The van der Waals surface area contributed by atoms with Gasteiger partial charge in [0.15, 0.2) is 5.17 Å². The summed E-state index contributed by atoms with van der Waals surface area (Å²) in [5.41, 5.74) is 3.55. The number of para-hydroxylation sites is 1. The quantitative estimate of drug-likeness (QED) is 0.471. The van der Waals surface area contributed by atoms with E-state index in [1.807, 2.05) is 61.6 Å². The van der Waals surface area contributed by atoms with Crippen LogP contribution in [-0.2, 0) is 16.1 Å². The van der Waals surface area contributed by atoms with E-state index in [1.54, 1.807) is 28.8 Å². The van der Waals surface area contributed by atoms with Crippen LogP contribution >= 0.6 is 23.5 Å². The van der Waals surface area contributed by atoms with Crippen molar-refractivity contribution in [3.05, 3.63) is 94.4 Å². The molecule has 3 aromatic rings. The average molecular weight is 487 g/mol. The maximum absolute atomic E-state index is 13.6. The van der Waals surface area contributed by atoms with Crippen molar-refractivity contribution in [3.63, 3.8) is 0 Å². The molecule has 1 N–H and O–H groups in total. The van der Waals surface area contributed by atoms with Crippen molar-refractivity contribution < 1.29 is 9.59 Å². The van der Waals surface area contributed by atoms with Crippen molar-refractivity contribution in [2.75, 3.05) is 17.3 Å². The van der Waals surface area contributed by atoms with Crippen LogP contribution in [0.5, 0.6) is 0 Å². The molecule has 2 amide bonds. The summed E-state index contributed by atoms with van der Waals surface area (Å²) >= 11 is 3.01. The fourth-order valence-electron chi connectivity index (χ4n) is 3.76. The number of aliphatic imine (C=N–C) groups is 1. The highest BCUT2D eigenvalue weighted by Gasteiger charge is 2.39. The van der Waals surface area contributed by atoms with Gasteiger partial charge in [-0.3, -0.25) is 14.5 Å². The molecule has 1 saturated heterocycles. The molecule has 5 rings (SSSR count). The maximum Gasteiger partial charge on any atom is 0.269 e. The Kier molecular flexibility index (Phi) is 6.17. The second-order valence-electron chi connectivity index (χ2n) is 7.86. The van der Waals surface area contributed by atoms with Gasteiger partial charge < -0.3 is 10.2 Å². The number of rotatable bonds is 4. The number of hydrogen-bond acceptors (Lipinski definition) is 6. The number of hydrogen-bond donors (Lipinski definition) is 1. The highest BCUT2D eigenvalue weighted by atomic mass is 32.2. The summed E-state index contributed by atoms with van der Waals surface area (Å²) in [7, 11) is 1.99. The second-order valence-corrected chi connectivity index (χ2v) is 9.87. The number of fused-ring (bicyclic) bond motifs is 1. The summed E-state index contributed by atoms with van der Waals surface area (Å²) in [6.07, 6.45) is 0. The van der Waals surface area contributed by atoms with E-state index in [1.165, 1.54) is 18.7 Å². The van der Waals surface area contributed by atoms with Crippen LogP contribution in [0.2, 0.25) is 0 Å². The van der Waals surface area contributed by atoms with Gasteiger partial charge in [-0.05, 0) is 53.7 Å². The van der Waals surface area contributed by atoms with Crippen molar-refractivity contribution in [1.82, 2.24) is 4.90 Å². The van der Waals surface area contributed by atoms with Gasteiger partial charge in [-0.15, -0.1) is 0 Å². The minimum atomic E-state index is -0.125. The summed E-state index contributed by atoms with van der Waals surface area (Å²) in [5, 5.41) is 4.31. The topological polar surface area (TPSA) is 65.0 Å². The van der Waals surface area contributed by atoms with E-state index >= 15 is 0 Å². The molecule has 8 heteroatoms. The molecule has 0 radical (unpaired) electrons. The van der Waals surface area contributed by atoms with Gasteiger partial charge in [-0.25, -0.2) is 4.99 Å². The van der Waals surface area contributed by atoms with Gasteiger partial charge in [-0.2, -0.15) is 0 Å². The summed E-state index contributed by atoms with van der Waals surface area (Å²) in [6.45, 7) is 1.91. The molecule has 0 aromatic heterocycles. The van der Waals surface area contributed by atoms with Crippen LogP contribution in [0.15, 0.2) is 98.7 Å². The molecule has 34 heavy (non-hydrogen) atoms. The lowest BCUT2D eigenvalue weighted by Crippen LogP contribution is -2.29. The zero-order chi connectivity index (χ0) is 23.7. The van der Waals surface area contributed by atoms with Crippen molar-refractivity contribution >= 4 is 57.6 Å². The Balaban J connectivity index is 1.51. The van der Waals surface area contributed by atoms with Gasteiger partial charge in [0.25, 0.3) is 5.91 Å². The van der Waals surface area contributed by atoms with E-state index in [0.717, 1.165) is 21.2 Å². The Morgan fingerprint density at radius 3 is 2.35 bits per heavy atom. The molecule has 0 spiro atoms. The number of nitrogens with zero attached hydrogens (tertiary/aromatic N) is 3. The molecule has 0 unspecified atom stereocenters. The monoisotopic (exact) mass is 486 g/mol. The Hall–Kier alpha value is -3.49. The van der Waals surface area contributed by atoms with Gasteiger partial charge in [0.05, 0.1) is 22.9 Å². The minimum absolute atomic E-state index is 0.0513. The summed E-state index contributed by atoms with van der Waals surface area (Å²) < 4.78 is 0. The lowest BCUT2D eigenvalue weighted by atomic mass is 10.2. The third-order valence-corrected chi connectivity index (χ3v) is 7.82. The van der Waals surface area contributed by atoms with Crippen molar-refractivity contribution in [2.45, 2.75) is 18.4 Å². The molecule has 3 aromatic carbocycles. The third kappa shape index (κ3) is 4.47. The summed E-state index contributed by atoms with van der Waals surface area (Å²) in [5.74, 6) is -0.176. The fraction of sp³-hybridized carbons (Fsp3) is 0.115. The van der Waals surface area contributed by atoms with Gasteiger partial charge in [0, 0.05) is 24.6 Å². The predicted octanol–water partition coefficient (Wildman–Crippen LogP) is 5.82. The third-order valence-electron chi connectivity index (χ3n) is 5.39. The van der Waals surface area contributed by atoms with E-state index < -0.39 is 0 Å². The van der Waals surface area contributed by atoms with Crippen LogP contribution in [0.25, 0.3) is 0 Å². The lowest BCUT2D eigenvalue weighted by molar-refractivity contribution is -0.122. The maximum atomic E-state index is 13.6. The fourth-order valence-corrected chi connectivity index (χ4v) is 6.10. The van der Waals surface area contributed by atoms with E-state index in [9.17, 15) is 9.59 Å². The number of carbonyl (C=O) groups is 2. The molecule has 0 saturated carbocycles. The van der Waals surface area contributed by atoms with Crippen molar-refractivity contribution in [2.24, 2.45) is 4.99 Å². The normalized spacial score (nSPS) is 18.5.